The van der Waals surface area contributed by atoms with Crippen LogP contribution in [0.15, 0.2) is 30.3 Å². The molecule has 0 radical (unpaired) electrons. The van der Waals surface area contributed by atoms with Gasteiger partial charge < -0.3 is 10.2 Å². The van der Waals surface area contributed by atoms with E-state index in [0.717, 1.165) is 24.4 Å². The van der Waals surface area contributed by atoms with Gasteiger partial charge in [-0.2, -0.15) is 0 Å². The molecule has 2 aromatic rings. The molecule has 0 spiro atoms. The van der Waals surface area contributed by atoms with Crippen LogP contribution in [-0.2, 0) is 11.2 Å². The number of nitrogens with zero attached hydrogens (tertiary/aromatic N) is 4. The van der Waals surface area contributed by atoms with Crippen molar-refractivity contribution in [2.75, 3.05) is 13.1 Å². The molecular weight excluding hydrogens is 342 g/mol. The minimum atomic E-state index is -0.290. The largest absolute Gasteiger partial charge is 0.345 e. The molecule has 7 heteroatoms. The Labute approximate surface area is 159 Å². The van der Waals surface area contributed by atoms with Gasteiger partial charge in [0.05, 0.1) is 5.69 Å². The number of aromatic nitrogens is 3. The number of amides is 2. The van der Waals surface area contributed by atoms with Crippen molar-refractivity contribution in [2.45, 2.75) is 46.1 Å². The third-order valence-corrected chi connectivity index (χ3v) is 5.06. The molecule has 0 aliphatic carbocycles. The highest BCUT2D eigenvalue weighted by Gasteiger charge is 2.30. The molecule has 2 atom stereocenters. The minimum Gasteiger partial charge on any atom is -0.345 e. The molecule has 1 unspecified atom stereocenters. The number of aryl methyl sites for hydroxylation is 1. The SMILES string of the molecule is CCc1nc(C(=O)N[C@@H]2CCN(C(=O)C(C)CC)C2)nn1-c1ccccc1. The average molecular weight is 369 g/mol. The van der Waals surface area contributed by atoms with Crippen molar-refractivity contribution >= 4 is 11.8 Å². The van der Waals surface area contributed by atoms with E-state index in [-0.39, 0.29) is 29.6 Å². The van der Waals surface area contributed by atoms with Crippen molar-refractivity contribution in [3.8, 4) is 5.69 Å². The van der Waals surface area contributed by atoms with Gasteiger partial charge >= 0.3 is 0 Å². The Bertz CT molecular complexity index is 802. The molecule has 0 saturated carbocycles. The third kappa shape index (κ3) is 4.18. The van der Waals surface area contributed by atoms with Crippen LogP contribution < -0.4 is 5.32 Å². The summed E-state index contributed by atoms with van der Waals surface area (Å²) in [5.41, 5.74) is 0.882. The summed E-state index contributed by atoms with van der Waals surface area (Å²) in [4.78, 5) is 31.2. The van der Waals surface area contributed by atoms with Crippen molar-refractivity contribution in [2.24, 2.45) is 5.92 Å². The second kappa shape index (κ2) is 8.33. The zero-order chi connectivity index (χ0) is 19.4. The zero-order valence-corrected chi connectivity index (χ0v) is 16.2. The molecule has 144 valence electrons. The van der Waals surface area contributed by atoms with Crippen LogP contribution in [0.1, 0.15) is 50.1 Å². The molecule has 1 fully saturated rings. The molecule has 1 aliphatic heterocycles. The predicted molar refractivity (Wildman–Crippen MR) is 103 cm³/mol. The summed E-state index contributed by atoms with van der Waals surface area (Å²) in [5.74, 6) is 0.805. The van der Waals surface area contributed by atoms with Crippen LogP contribution in [0.3, 0.4) is 0 Å². The highest BCUT2D eigenvalue weighted by atomic mass is 16.2. The molecular formula is C20H27N5O2. The molecule has 2 amide bonds. The minimum absolute atomic E-state index is 0.0230. The van der Waals surface area contributed by atoms with Gasteiger partial charge in [0, 0.05) is 31.5 Å². The monoisotopic (exact) mass is 369 g/mol. The summed E-state index contributed by atoms with van der Waals surface area (Å²) in [6.07, 6.45) is 2.26. The summed E-state index contributed by atoms with van der Waals surface area (Å²) in [6, 6.07) is 9.61. The predicted octanol–water partition coefficient (Wildman–Crippen LogP) is 2.21. The van der Waals surface area contributed by atoms with Crippen molar-refractivity contribution in [1.29, 1.82) is 0 Å². The van der Waals surface area contributed by atoms with E-state index >= 15 is 0 Å². The molecule has 1 aromatic carbocycles. The quantitative estimate of drug-likeness (QED) is 0.847. The van der Waals surface area contributed by atoms with Crippen LogP contribution in [0.5, 0.6) is 0 Å². The maximum absolute atomic E-state index is 12.6. The molecule has 1 saturated heterocycles. The van der Waals surface area contributed by atoms with Crippen molar-refractivity contribution < 1.29 is 9.59 Å². The van der Waals surface area contributed by atoms with Gasteiger partial charge in [-0.3, -0.25) is 9.59 Å². The number of carbonyl (C=O) groups excluding carboxylic acids is 2. The van der Waals surface area contributed by atoms with Crippen molar-refractivity contribution in [1.82, 2.24) is 25.0 Å². The van der Waals surface area contributed by atoms with Gasteiger partial charge in [0.25, 0.3) is 5.91 Å². The Morgan fingerprint density at radius 3 is 2.67 bits per heavy atom. The number of para-hydroxylation sites is 1. The van der Waals surface area contributed by atoms with Gasteiger partial charge in [0.1, 0.15) is 5.82 Å². The highest BCUT2D eigenvalue weighted by Crippen LogP contribution is 2.15. The standard InChI is InChI=1S/C20H27N5O2/c1-4-14(3)20(27)24-12-11-15(13-24)21-19(26)18-22-17(5-2)25(23-18)16-9-7-6-8-10-16/h6-10,14-15H,4-5,11-13H2,1-3H3,(H,21,26)/t14?,15-/m1/s1. The fourth-order valence-electron chi connectivity index (χ4n) is 3.26. The van der Waals surface area contributed by atoms with E-state index in [9.17, 15) is 9.59 Å². The first-order valence-electron chi connectivity index (χ1n) is 9.64. The second-order valence-electron chi connectivity index (χ2n) is 7.01. The summed E-state index contributed by atoms with van der Waals surface area (Å²) in [5, 5.41) is 7.38. The number of hydrogen-bond donors (Lipinski definition) is 1. The van der Waals surface area contributed by atoms with Gasteiger partial charge in [-0.1, -0.05) is 39.0 Å². The number of benzene rings is 1. The Morgan fingerprint density at radius 1 is 1.26 bits per heavy atom. The topological polar surface area (TPSA) is 80.1 Å². The van der Waals surface area contributed by atoms with Gasteiger partial charge in [0.15, 0.2) is 0 Å². The average Bonchev–Trinajstić information content (AvgIpc) is 3.34. The molecule has 27 heavy (non-hydrogen) atoms. The first kappa shape index (κ1) is 19.1. The first-order valence-corrected chi connectivity index (χ1v) is 9.64. The van der Waals surface area contributed by atoms with E-state index in [2.05, 4.69) is 15.4 Å². The molecule has 1 N–H and O–H groups in total. The maximum Gasteiger partial charge on any atom is 0.291 e. The van der Waals surface area contributed by atoms with Crippen LogP contribution in [-0.4, -0.2) is 50.6 Å². The van der Waals surface area contributed by atoms with E-state index in [1.807, 2.05) is 56.0 Å². The third-order valence-electron chi connectivity index (χ3n) is 5.06. The highest BCUT2D eigenvalue weighted by molar-refractivity contribution is 5.90. The summed E-state index contributed by atoms with van der Waals surface area (Å²) < 4.78 is 1.71. The lowest BCUT2D eigenvalue weighted by Crippen LogP contribution is -2.40. The summed E-state index contributed by atoms with van der Waals surface area (Å²) >= 11 is 0. The fraction of sp³-hybridized carbons (Fsp3) is 0.500. The smallest absolute Gasteiger partial charge is 0.291 e. The maximum atomic E-state index is 12.6. The summed E-state index contributed by atoms with van der Waals surface area (Å²) in [6.45, 7) is 7.17. The number of rotatable bonds is 6. The molecule has 7 nitrogen and oxygen atoms in total. The molecule has 2 heterocycles. The van der Waals surface area contributed by atoms with Crippen LogP contribution in [0, 0.1) is 5.92 Å². The Kier molecular flexibility index (Phi) is 5.88. The Hall–Kier alpha value is -2.70. The second-order valence-corrected chi connectivity index (χ2v) is 7.01. The molecule has 1 aliphatic rings. The van der Waals surface area contributed by atoms with Crippen molar-refractivity contribution in [3.05, 3.63) is 42.0 Å². The zero-order valence-electron chi connectivity index (χ0n) is 16.2. The lowest BCUT2D eigenvalue weighted by Gasteiger charge is -2.20. The van der Waals surface area contributed by atoms with Gasteiger partial charge in [-0.25, -0.2) is 9.67 Å². The van der Waals surface area contributed by atoms with Gasteiger partial charge in [0.2, 0.25) is 11.7 Å². The number of likely N-dealkylation sites (tertiary alicyclic amines) is 1. The van der Waals surface area contributed by atoms with Gasteiger partial charge in [-0.15, -0.1) is 5.10 Å². The number of carbonyl (C=O) groups is 2. The lowest BCUT2D eigenvalue weighted by atomic mass is 10.1. The first-order chi connectivity index (χ1) is 13.0. The van der Waals surface area contributed by atoms with E-state index in [1.165, 1.54) is 0 Å². The summed E-state index contributed by atoms with van der Waals surface area (Å²) in [7, 11) is 0. The van der Waals surface area contributed by atoms with Gasteiger partial charge in [-0.05, 0) is 25.0 Å². The van der Waals surface area contributed by atoms with Crippen LogP contribution in [0.4, 0.5) is 0 Å². The van der Waals surface area contributed by atoms with E-state index in [4.69, 9.17) is 0 Å². The van der Waals surface area contributed by atoms with Crippen LogP contribution in [0.25, 0.3) is 5.69 Å². The molecule has 0 bridgehead atoms. The fourth-order valence-corrected chi connectivity index (χ4v) is 3.26. The molecule has 1 aromatic heterocycles. The Balaban J connectivity index is 1.67. The normalized spacial score (nSPS) is 17.7. The van der Waals surface area contributed by atoms with E-state index < -0.39 is 0 Å². The molecule has 3 rings (SSSR count). The number of hydrogen-bond acceptors (Lipinski definition) is 4. The number of nitrogens with one attached hydrogen (secondary N) is 1. The van der Waals surface area contributed by atoms with E-state index in [0.29, 0.717) is 19.5 Å². The van der Waals surface area contributed by atoms with Crippen molar-refractivity contribution in [3.63, 3.8) is 0 Å². The van der Waals surface area contributed by atoms with E-state index in [1.54, 1.807) is 4.68 Å². The Morgan fingerprint density at radius 2 is 2.00 bits per heavy atom. The van der Waals surface area contributed by atoms with Crippen LogP contribution >= 0.6 is 0 Å². The van der Waals surface area contributed by atoms with Crippen LogP contribution in [0.2, 0.25) is 0 Å². The lowest BCUT2D eigenvalue weighted by molar-refractivity contribution is -0.134.